The number of rotatable bonds is 4. The summed E-state index contributed by atoms with van der Waals surface area (Å²) >= 11 is 0. The van der Waals surface area contributed by atoms with Gasteiger partial charge >= 0.3 is 5.97 Å². The molecule has 1 aliphatic rings. The predicted molar refractivity (Wildman–Crippen MR) is 66.4 cm³/mol. The maximum atomic E-state index is 12.1. The van der Waals surface area contributed by atoms with Crippen LogP contribution in [0.5, 0.6) is 0 Å². The van der Waals surface area contributed by atoms with E-state index in [4.69, 9.17) is 0 Å². The summed E-state index contributed by atoms with van der Waals surface area (Å²) in [5.41, 5.74) is 0.0707. The second-order valence-corrected chi connectivity index (χ2v) is 5.17. The molecule has 3 nitrogen and oxygen atoms in total. The summed E-state index contributed by atoms with van der Waals surface area (Å²) in [4.78, 5) is 23.7. The lowest BCUT2D eigenvalue weighted by Crippen LogP contribution is -2.32. The third-order valence-corrected chi connectivity index (χ3v) is 3.07. The predicted octanol–water partition coefficient (Wildman–Crippen LogP) is 2.67. The highest BCUT2D eigenvalue weighted by Gasteiger charge is 2.36. The van der Waals surface area contributed by atoms with Crippen LogP contribution in [0.1, 0.15) is 33.1 Å². The molecule has 0 N–H and O–H groups in total. The molecule has 0 aliphatic heterocycles. The summed E-state index contributed by atoms with van der Waals surface area (Å²) in [7, 11) is 1.30. The zero-order valence-corrected chi connectivity index (χ0v) is 10.8. The lowest BCUT2D eigenvalue weighted by atomic mass is 9.72. The van der Waals surface area contributed by atoms with Crippen LogP contribution in [0.25, 0.3) is 0 Å². The van der Waals surface area contributed by atoms with Gasteiger partial charge in [-0.25, -0.2) is 4.79 Å². The molecule has 0 bridgehead atoms. The van der Waals surface area contributed by atoms with Crippen LogP contribution in [0.2, 0.25) is 0 Å². The number of hydrogen-bond donors (Lipinski definition) is 0. The molecule has 0 aromatic rings. The van der Waals surface area contributed by atoms with Crippen molar-refractivity contribution in [3.05, 3.63) is 24.3 Å². The van der Waals surface area contributed by atoms with Crippen molar-refractivity contribution in [3.8, 4) is 0 Å². The van der Waals surface area contributed by atoms with E-state index < -0.39 is 5.97 Å². The first-order valence-electron chi connectivity index (χ1n) is 5.87. The van der Waals surface area contributed by atoms with Crippen molar-refractivity contribution in [1.29, 1.82) is 0 Å². The summed E-state index contributed by atoms with van der Waals surface area (Å²) < 4.78 is 4.66. The Bertz CT molecular complexity index is 364. The van der Waals surface area contributed by atoms with E-state index in [-0.39, 0.29) is 22.7 Å². The van der Waals surface area contributed by atoms with Crippen molar-refractivity contribution in [1.82, 2.24) is 0 Å². The number of hydrogen-bond acceptors (Lipinski definition) is 3. The van der Waals surface area contributed by atoms with Crippen LogP contribution in [0.3, 0.4) is 0 Å². The summed E-state index contributed by atoms with van der Waals surface area (Å²) in [6.07, 6.45) is 5.86. The average Bonchev–Trinajstić information content (AvgIpc) is 2.28. The molecular formula is C14H20O3. The minimum Gasteiger partial charge on any atom is -0.465 e. The summed E-state index contributed by atoms with van der Waals surface area (Å²) in [5, 5.41) is 0. The zero-order valence-electron chi connectivity index (χ0n) is 10.8. The highest BCUT2D eigenvalue weighted by atomic mass is 16.5. The maximum Gasteiger partial charge on any atom is 0.341 e. The molecule has 0 amide bonds. The van der Waals surface area contributed by atoms with Crippen LogP contribution in [0.15, 0.2) is 24.3 Å². The Morgan fingerprint density at radius 1 is 1.65 bits per heavy atom. The van der Waals surface area contributed by atoms with Crippen molar-refractivity contribution >= 4 is 11.8 Å². The Morgan fingerprint density at radius 3 is 2.82 bits per heavy atom. The van der Waals surface area contributed by atoms with Crippen molar-refractivity contribution < 1.29 is 14.3 Å². The molecule has 0 aromatic carbocycles. The Morgan fingerprint density at radius 2 is 2.29 bits per heavy atom. The van der Waals surface area contributed by atoms with Gasteiger partial charge in [-0.15, -0.1) is 6.58 Å². The van der Waals surface area contributed by atoms with Crippen molar-refractivity contribution in [3.63, 3.8) is 0 Å². The molecule has 0 saturated carbocycles. The van der Waals surface area contributed by atoms with Gasteiger partial charge in [0.15, 0.2) is 5.78 Å². The molecular weight excluding hydrogens is 216 g/mol. The van der Waals surface area contributed by atoms with Gasteiger partial charge in [0, 0.05) is 5.92 Å². The van der Waals surface area contributed by atoms with Crippen molar-refractivity contribution in [2.45, 2.75) is 33.1 Å². The molecule has 0 aromatic heterocycles. The molecule has 0 spiro atoms. The lowest BCUT2D eigenvalue weighted by Gasteiger charge is -2.31. The van der Waals surface area contributed by atoms with Crippen molar-refractivity contribution in [2.75, 3.05) is 7.11 Å². The molecule has 1 atom stereocenters. The maximum absolute atomic E-state index is 12.1. The van der Waals surface area contributed by atoms with E-state index in [1.807, 2.05) is 13.8 Å². The Hall–Kier alpha value is -1.38. The fourth-order valence-electron chi connectivity index (χ4n) is 2.29. The molecule has 0 fully saturated rings. The van der Waals surface area contributed by atoms with Gasteiger partial charge in [0.2, 0.25) is 0 Å². The van der Waals surface area contributed by atoms with E-state index in [9.17, 15) is 9.59 Å². The van der Waals surface area contributed by atoms with E-state index in [1.165, 1.54) is 7.11 Å². The topological polar surface area (TPSA) is 43.4 Å². The third kappa shape index (κ3) is 3.29. The van der Waals surface area contributed by atoms with Crippen LogP contribution in [-0.2, 0) is 14.3 Å². The number of esters is 1. The Balaban J connectivity index is 2.96. The number of ether oxygens (including phenoxy) is 1. The van der Waals surface area contributed by atoms with Crippen LogP contribution in [0.4, 0.5) is 0 Å². The molecule has 17 heavy (non-hydrogen) atoms. The number of Topliss-reactive ketones (excluding diaryl/α,β-unsaturated/α-hetero) is 1. The normalized spacial score (nSPS) is 22.9. The van der Waals surface area contributed by atoms with Crippen molar-refractivity contribution in [2.24, 2.45) is 11.3 Å². The Labute approximate surface area is 103 Å². The number of methoxy groups -OCH3 is 1. The molecule has 0 heterocycles. The van der Waals surface area contributed by atoms with Gasteiger partial charge in [-0.05, 0) is 24.7 Å². The van der Waals surface area contributed by atoms with Gasteiger partial charge in [-0.1, -0.05) is 26.0 Å². The smallest absolute Gasteiger partial charge is 0.341 e. The SMILES string of the molecule is C=CCCC1CC(C)(C)C=C(C(=O)OC)C1=O. The summed E-state index contributed by atoms with van der Waals surface area (Å²) in [6, 6.07) is 0. The number of carbonyl (C=O) groups is 2. The number of allylic oxidation sites excluding steroid dienone is 2. The fraction of sp³-hybridized carbons (Fsp3) is 0.571. The third-order valence-electron chi connectivity index (χ3n) is 3.07. The zero-order chi connectivity index (χ0) is 13.1. The molecule has 94 valence electrons. The van der Waals surface area contributed by atoms with Gasteiger partial charge in [-0.3, -0.25) is 4.79 Å². The molecule has 1 unspecified atom stereocenters. The van der Waals surface area contributed by atoms with E-state index >= 15 is 0 Å². The van der Waals surface area contributed by atoms with E-state index in [2.05, 4.69) is 11.3 Å². The largest absolute Gasteiger partial charge is 0.465 e. The second-order valence-electron chi connectivity index (χ2n) is 5.17. The monoisotopic (exact) mass is 236 g/mol. The minimum atomic E-state index is -0.522. The van der Waals surface area contributed by atoms with E-state index in [1.54, 1.807) is 12.2 Å². The highest BCUT2D eigenvalue weighted by molar-refractivity contribution is 6.18. The second kappa shape index (κ2) is 5.30. The molecule has 0 saturated heterocycles. The van der Waals surface area contributed by atoms with Crippen LogP contribution in [-0.4, -0.2) is 18.9 Å². The van der Waals surface area contributed by atoms with Crippen LogP contribution in [0, 0.1) is 11.3 Å². The first kappa shape index (κ1) is 13.7. The Kier molecular flexibility index (Phi) is 4.27. The first-order chi connectivity index (χ1) is 7.91. The molecule has 1 aliphatic carbocycles. The first-order valence-corrected chi connectivity index (χ1v) is 5.87. The van der Waals surface area contributed by atoms with E-state index in [0.29, 0.717) is 0 Å². The lowest BCUT2D eigenvalue weighted by molar-refractivity contribution is -0.139. The molecule has 0 radical (unpaired) electrons. The van der Waals surface area contributed by atoms with Gasteiger partial charge < -0.3 is 4.74 Å². The highest BCUT2D eigenvalue weighted by Crippen LogP contribution is 2.37. The minimum absolute atomic E-state index is 0.0852. The summed E-state index contributed by atoms with van der Waals surface area (Å²) in [6.45, 7) is 7.72. The van der Waals surface area contributed by atoms with Crippen LogP contribution >= 0.6 is 0 Å². The van der Waals surface area contributed by atoms with Gasteiger partial charge in [0.25, 0.3) is 0 Å². The van der Waals surface area contributed by atoms with Gasteiger partial charge in [-0.2, -0.15) is 0 Å². The number of ketones is 1. The summed E-state index contributed by atoms with van der Waals surface area (Å²) in [5.74, 6) is -0.702. The van der Waals surface area contributed by atoms with E-state index in [0.717, 1.165) is 19.3 Å². The van der Waals surface area contributed by atoms with Gasteiger partial charge in [0.05, 0.1) is 12.7 Å². The van der Waals surface area contributed by atoms with Gasteiger partial charge in [0.1, 0.15) is 0 Å². The van der Waals surface area contributed by atoms with Crippen LogP contribution < -0.4 is 0 Å². The molecule has 1 rings (SSSR count). The average molecular weight is 236 g/mol. The standard InChI is InChI=1S/C14H20O3/c1-5-6-7-10-8-14(2,3)9-11(12(10)15)13(16)17-4/h5,9-10H,1,6-8H2,2-4H3. The molecule has 3 heteroatoms. The quantitative estimate of drug-likeness (QED) is 0.428. The number of carbonyl (C=O) groups excluding carboxylic acids is 2. The fourth-order valence-corrected chi connectivity index (χ4v) is 2.29.